The topological polar surface area (TPSA) is 72.2 Å². The van der Waals surface area contributed by atoms with Gasteiger partial charge in [0.25, 0.3) is 0 Å². The van der Waals surface area contributed by atoms with Gasteiger partial charge in [0.15, 0.2) is 5.56 Å². The molecule has 0 saturated heterocycles. The molecule has 0 aromatic carbocycles. The summed E-state index contributed by atoms with van der Waals surface area (Å²) in [6.45, 7) is 0. The number of hydrogen-bond acceptors (Lipinski definition) is 4. The number of rotatable bonds is 1. The molecule has 0 bridgehead atoms. The predicted molar refractivity (Wildman–Crippen MR) is 28.0 cm³/mol. The third kappa shape index (κ3) is 0.928. The fraction of sp³-hybridized carbons (Fsp3) is 0.200. The van der Waals surface area contributed by atoms with Crippen molar-refractivity contribution in [2.24, 2.45) is 0 Å². The van der Waals surface area contributed by atoms with Gasteiger partial charge in [-0.05, 0) is 5.16 Å². The second kappa shape index (κ2) is 2.38. The molecular formula is C5H4NO4. The van der Waals surface area contributed by atoms with Gasteiger partial charge in [0, 0.05) is 0 Å². The summed E-state index contributed by atoms with van der Waals surface area (Å²) >= 11 is 0. The Morgan fingerprint density at radius 2 is 2.50 bits per heavy atom. The molecule has 1 heterocycles. The molecule has 0 unspecified atom stereocenters. The van der Waals surface area contributed by atoms with Crippen LogP contribution in [0.15, 0.2) is 10.8 Å². The fourth-order valence-corrected chi connectivity index (χ4v) is 0.472. The number of carbonyl (C=O) groups is 1. The van der Waals surface area contributed by atoms with Crippen LogP contribution in [0.3, 0.4) is 0 Å². The first-order valence-corrected chi connectivity index (χ1v) is 2.45. The standard InChI is InChI=1S/C5H4NO4/c1-9-5(8)3-2-10-6-4(3)7/h2H,1H3. The van der Waals surface area contributed by atoms with E-state index in [-0.39, 0.29) is 5.56 Å². The fourth-order valence-electron chi connectivity index (χ4n) is 0.472. The summed E-state index contributed by atoms with van der Waals surface area (Å²) in [6.07, 6.45) is 0.953. The van der Waals surface area contributed by atoms with E-state index in [4.69, 9.17) is 0 Å². The minimum atomic E-state index is -0.730. The first kappa shape index (κ1) is 6.60. The maximum atomic E-state index is 10.6. The van der Waals surface area contributed by atoms with Crippen LogP contribution in [-0.4, -0.2) is 18.2 Å². The third-order valence-corrected chi connectivity index (χ3v) is 0.942. The molecule has 1 aromatic rings. The van der Waals surface area contributed by atoms with Crippen LogP contribution in [0.4, 0.5) is 0 Å². The highest BCUT2D eigenvalue weighted by molar-refractivity contribution is 5.90. The molecule has 1 aromatic heterocycles. The second-order valence-electron chi connectivity index (χ2n) is 1.52. The Labute approximate surface area is 56.2 Å². The highest BCUT2D eigenvalue weighted by Crippen LogP contribution is 2.14. The summed E-state index contributed by atoms with van der Waals surface area (Å²) in [5, 5.41) is 13.5. The molecule has 0 aliphatic carbocycles. The monoisotopic (exact) mass is 142 g/mol. The van der Waals surface area contributed by atoms with Gasteiger partial charge >= 0.3 is 11.8 Å². The molecule has 0 spiro atoms. The maximum absolute atomic E-state index is 10.6. The Hall–Kier alpha value is -1.52. The Balaban J connectivity index is 2.93. The van der Waals surface area contributed by atoms with Crippen molar-refractivity contribution in [2.45, 2.75) is 0 Å². The molecule has 0 atom stereocenters. The van der Waals surface area contributed by atoms with E-state index in [1.807, 2.05) is 0 Å². The molecule has 0 amide bonds. The van der Waals surface area contributed by atoms with Gasteiger partial charge in [-0.15, -0.1) is 0 Å². The highest BCUT2D eigenvalue weighted by atomic mass is 16.5. The van der Waals surface area contributed by atoms with Crippen molar-refractivity contribution in [3.63, 3.8) is 0 Å². The van der Waals surface area contributed by atoms with Gasteiger partial charge in [-0.1, -0.05) is 0 Å². The SMILES string of the molecule is COC(=O)c1conc1[O]. The number of carbonyl (C=O) groups excluding carboxylic acids is 1. The van der Waals surface area contributed by atoms with E-state index in [0.29, 0.717) is 0 Å². The van der Waals surface area contributed by atoms with E-state index >= 15 is 0 Å². The van der Waals surface area contributed by atoms with Crippen LogP contribution in [0.25, 0.3) is 0 Å². The van der Waals surface area contributed by atoms with Crippen molar-refractivity contribution in [1.29, 1.82) is 0 Å². The van der Waals surface area contributed by atoms with Crippen LogP contribution in [0.2, 0.25) is 0 Å². The summed E-state index contributed by atoms with van der Waals surface area (Å²) < 4.78 is 8.44. The third-order valence-electron chi connectivity index (χ3n) is 0.942. The van der Waals surface area contributed by atoms with Gasteiger partial charge in [0.2, 0.25) is 0 Å². The number of methoxy groups -OCH3 is 1. The predicted octanol–water partition coefficient (Wildman–Crippen LogP) is 0.605. The van der Waals surface area contributed by atoms with Crippen molar-refractivity contribution < 1.29 is 19.2 Å². The van der Waals surface area contributed by atoms with E-state index in [9.17, 15) is 9.90 Å². The molecule has 5 heteroatoms. The van der Waals surface area contributed by atoms with Crippen molar-refractivity contribution in [2.75, 3.05) is 7.11 Å². The quantitative estimate of drug-likeness (QED) is 0.538. The van der Waals surface area contributed by atoms with Crippen molar-refractivity contribution in [1.82, 2.24) is 5.16 Å². The Kier molecular flexibility index (Phi) is 1.57. The average molecular weight is 142 g/mol. The molecule has 10 heavy (non-hydrogen) atoms. The molecule has 1 rings (SSSR count). The Bertz CT molecular complexity index is 242. The van der Waals surface area contributed by atoms with E-state index in [1.165, 1.54) is 7.11 Å². The molecule has 1 radical (unpaired) electrons. The summed E-state index contributed by atoms with van der Waals surface area (Å²) in [5.74, 6) is -1.43. The van der Waals surface area contributed by atoms with Gasteiger partial charge in [0.1, 0.15) is 6.26 Å². The second-order valence-corrected chi connectivity index (χ2v) is 1.52. The minimum absolute atomic E-state index is 0.178. The Morgan fingerprint density at radius 1 is 1.80 bits per heavy atom. The lowest BCUT2D eigenvalue weighted by Gasteiger charge is -1.89. The summed E-state index contributed by atoms with van der Waals surface area (Å²) in [7, 11) is 1.18. The maximum Gasteiger partial charge on any atom is 0.347 e. The largest absolute Gasteiger partial charge is 0.465 e. The van der Waals surface area contributed by atoms with E-state index in [1.54, 1.807) is 0 Å². The van der Waals surface area contributed by atoms with Crippen molar-refractivity contribution in [3.05, 3.63) is 11.8 Å². The summed E-state index contributed by atoms with van der Waals surface area (Å²) in [6, 6.07) is 0. The molecular weight excluding hydrogens is 138 g/mol. The zero-order valence-electron chi connectivity index (χ0n) is 5.16. The number of nitrogens with zero attached hydrogens (tertiary/aromatic N) is 1. The zero-order valence-corrected chi connectivity index (χ0v) is 5.16. The first-order chi connectivity index (χ1) is 4.75. The van der Waals surface area contributed by atoms with E-state index in [0.717, 1.165) is 6.26 Å². The van der Waals surface area contributed by atoms with Crippen LogP contribution in [0, 0.1) is 0 Å². The van der Waals surface area contributed by atoms with Crippen LogP contribution in [0.1, 0.15) is 10.4 Å². The lowest BCUT2D eigenvalue weighted by atomic mass is 10.4. The Morgan fingerprint density at radius 3 is 2.90 bits per heavy atom. The molecule has 0 N–H and O–H groups in total. The van der Waals surface area contributed by atoms with Crippen LogP contribution in [0.5, 0.6) is 5.88 Å². The van der Waals surface area contributed by atoms with Crippen LogP contribution >= 0.6 is 0 Å². The van der Waals surface area contributed by atoms with Gasteiger partial charge in [0.05, 0.1) is 7.11 Å². The van der Waals surface area contributed by atoms with Gasteiger partial charge in [-0.3, -0.25) is 5.11 Å². The van der Waals surface area contributed by atoms with Crippen molar-refractivity contribution in [3.8, 4) is 5.88 Å². The molecule has 5 nitrogen and oxygen atoms in total. The average Bonchev–Trinajstić information content (AvgIpc) is 2.34. The highest BCUT2D eigenvalue weighted by Gasteiger charge is 2.16. The van der Waals surface area contributed by atoms with Crippen LogP contribution < -0.4 is 0 Å². The van der Waals surface area contributed by atoms with Gasteiger partial charge in [-0.25, -0.2) is 4.79 Å². The number of aromatic nitrogens is 1. The van der Waals surface area contributed by atoms with Gasteiger partial charge < -0.3 is 9.26 Å². The van der Waals surface area contributed by atoms with Crippen LogP contribution in [-0.2, 0) is 9.84 Å². The molecule has 0 aliphatic rings. The van der Waals surface area contributed by atoms with Crippen molar-refractivity contribution >= 4 is 5.97 Å². The molecule has 0 fully saturated rings. The molecule has 53 valence electrons. The normalized spacial score (nSPS) is 9.30. The minimum Gasteiger partial charge on any atom is -0.465 e. The smallest absolute Gasteiger partial charge is 0.347 e. The number of hydrogen-bond donors (Lipinski definition) is 0. The van der Waals surface area contributed by atoms with E-state index in [2.05, 4.69) is 14.4 Å². The van der Waals surface area contributed by atoms with E-state index < -0.39 is 11.8 Å². The number of esters is 1. The molecule has 0 aliphatic heterocycles. The summed E-state index contributed by atoms with van der Waals surface area (Å²) in [4.78, 5) is 10.6. The molecule has 0 saturated carbocycles. The lowest BCUT2D eigenvalue weighted by Crippen LogP contribution is -1.98. The zero-order chi connectivity index (χ0) is 7.56. The van der Waals surface area contributed by atoms with Gasteiger partial charge in [-0.2, -0.15) is 0 Å². The lowest BCUT2D eigenvalue weighted by molar-refractivity contribution is 0.0595. The first-order valence-electron chi connectivity index (χ1n) is 2.45. The summed E-state index contributed by atoms with van der Waals surface area (Å²) in [5.41, 5.74) is -0.178. The number of ether oxygens (including phenoxy) is 1.